The average Bonchev–Trinajstić information content (AvgIpc) is 2.71. The van der Waals surface area contributed by atoms with E-state index in [9.17, 15) is 4.79 Å². The normalized spacial score (nSPS) is 10.5. The third kappa shape index (κ3) is 5.57. The van der Waals surface area contributed by atoms with Crippen molar-refractivity contribution in [2.24, 2.45) is 0 Å². The monoisotopic (exact) mass is 376 g/mol. The number of carbonyl (C=O) groups excluding carboxylic acids is 1. The minimum absolute atomic E-state index is 0.0699. The molecule has 0 radical (unpaired) electrons. The fourth-order valence-corrected chi connectivity index (χ4v) is 2.72. The first-order valence-corrected chi connectivity index (χ1v) is 9.39. The van der Waals surface area contributed by atoms with Gasteiger partial charge >= 0.3 is 0 Å². The highest BCUT2D eigenvalue weighted by atomic mass is 16.1. The van der Waals surface area contributed by atoms with Gasteiger partial charge in [0.15, 0.2) is 5.82 Å². The highest BCUT2D eigenvalue weighted by Crippen LogP contribution is 2.18. The van der Waals surface area contributed by atoms with Gasteiger partial charge < -0.3 is 10.6 Å². The smallest absolute Gasteiger partial charge is 0.230 e. The van der Waals surface area contributed by atoms with Crippen molar-refractivity contribution in [3.63, 3.8) is 0 Å². The summed E-state index contributed by atoms with van der Waals surface area (Å²) in [6.07, 6.45) is 5.37. The molecule has 28 heavy (non-hydrogen) atoms. The number of amides is 1. The molecule has 3 aromatic rings. The van der Waals surface area contributed by atoms with Crippen LogP contribution in [0.1, 0.15) is 31.0 Å². The van der Waals surface area contributed by atoms with Crippen LogP contribution in [0.2, 0.25) is 0 Å². The molecule has 0 saturated heterocycles. The predicted molar refractivity (Wildman–Crippen MR) is 109 cm³/mol. The summed E-state index contributed by atoms with van der Waals surface area (Å²) in [7, 11) is 0. The number of nitrogens with zero attached hydrogens (tertiary/aromatic N) is 4. The maximum Gasteiger partial charge on any atom is 0.230 e. The van der Waals surface area contributed by atoms with Gasteiger partial charge in [-0.15, -0.1) is 0 Å². The van der Waals surface area contributed by atoms with Crippen LogP contribution in [0.5, 0.6) is 0 Å². The highest BCUT2D eigenvalue weighted by Gasteiger charge is 2.07. The van der Waals surface area contributed by atoms with E-state index in [1.165, 1.54) is 6.33 Å². The molecule has 0 aliphatic carbocycles. The van der Waals surface area contributed by atoms with Crippen LogP contribution in [-0.2, 0) is 11.2 Å². The van der Waals surface area contributed by atoms with Crippen LogP contribution in [0, 0.1) is 6.92 Å². The van der Waals surface area contributed by atoms with Crippen molar-refractivity contribution >= 4 is 17.5 Å². The van der Waals surface area contributed by atoms with Gasteiger partial charge in [0.25, 0.3) is 0 Å². The second-order valence-electron chi connectivity index (χ2n) is 6.47. The number of hydrogen-bond donors (Lipinski definition) is 2. The lowest BCUT2D eigenvalue weighted by atomic mass is 10.1. The Bertz CT molecular complexity index is 943. The van der Waals surface area contributed by atoms with Crippen molar-refractivity contribution in [1.82, 2.24) is 25.3 Å². The molecule has 0 aliphatic rings. The lowest BCUT2D eigenvalue weighted by molar-refractivity contribution is -0.120. The summed E-state index contributed by atoms with van der Waals surface area (Å²) in [6, 6.07) is 11.9. The van der Waals surface area contributed by atoms with Gasteiger partial charge in [-0.3, -0.25) is 9.78 Å². The van der Waals surface area contributed by atoms with Crippen molar-refractivity contribution in [1.29, 1.82) is 0 Å². The molecular formula is C21H24N6O. The number of rotatable bonds is 8. The summed E-state index contributed by atoms with van der Waals surface area (Å²) in [5.74, 6) is 1.16. The number of aromatic nitrogens is 4. The van der Waals surface area contributed by atoms with Crippen LogP contribution in [0.15, 0.2) is 48.9 Å². The molecule has 3 rings (SSSR count). The van der Waals surface area contributed by atoms with E-state index >= 15 is 0 Å². The van der Waals surface area contributed by atoms with Crippen molar-refractivity contribution in [2.45, 2.75) is 33.1 Å². The Labute approximate surface area is 164 Å². The summed E-state index contributed by atoms with van der Waals surface area (Å²) in [5, 5.41) is 6.08. The molecule has 2 N–H and O–H groups in total. The quantitative estimate of drug-likeness (QED) is 0.585. The van der Waals surface area contributed by atoms with Crippen LogP contribution in [-0.4, -0.2) is 32.4 Å². The van der Waals surface area contributed by atoms with E-state index in [4.69, 9.17) is 0 Å². The van der Waals surface area contributed by atoms with Crippen molar-refractivity contribution in [3.8, 4) is 11.4 Å². The van der Waals surface area contributed by atoms with Gasteiger partial charge in [0, 0.05) is 36.1 Å². The number of carbonyl (C=O) groups is 1. The fraction of sp³-hybridized carbons (Fsp3) is 0.286. The second-order valence-corrected chi connectivity index (χ2v) is 6.47. The number of aryl methyl sites for hydroxylation is 2. The molecule has 0 saturated carbocycles. The highest BCUT2D eigenvalue weighted by molar-refractivity contribution is 5.75. The Morgan fingerprint density at radius 3 is 2.82 bits per heavy atom. The molecule has 1 amide bonds. The Hall–Kier alpha value is -3.35. The Morgan fingerprint density at radius 2 is 2.00 bits per heavy atom. The van der Waals surface area contributed by atoms with E-state index in [-0.39, 0.29) is 5.91 Å². The molecule has 0 bridgehead atoms. The summed E-state index contributed by atoms with van der Waals surface area (Å²) >= 11 is 0. The first kappa shape index (κ1) is 19.4. The molecule has 0 atom stereocenters. The SMILES string of the molecule is CCC(=O)NCCCc1cc(-c2ncnc(Nc3cccc(C)c3)n2)ccn1. The Morgan fingerprint density at radius 1 is 1.11 bits per heavy atom. The molecule has 1 aromatic carbocycles. The van der Waals surface area contributed by atoms with Gasteiger partial charge in [0.2, 0.25) is 11.9 Å². The largest absolute Gasteiger partial charge is 0.356 e. The maximum absolute atomic E-state index is 11.3. The Kier molecular flexibility index (Phi) is 6.62. The van der Waals surface area contributed by atoms with Crippen molar-refractivity contribution < 1.29 is 4.79 Å². The number of hydrogen-bond acceptors (Lipinski definition) is 6. The number of anilines is 2. The van der Waals surface area contributed by atoms with E-state index < -0.39 is 0 Å². The summed E-state index contributed by atoms with van der Waals surface area (Å²) in [5.41, 5.74) is 3.92. The first-order valence-electron chi connectivity index (χ1n) is 9.39. The van der Waals surface area contributed by atoms with Gasteiger partial charge in [0.05, 0.1) is 0 Å². The van der Waals surface area contributed by atoms with Gasteiger partial charge in [0.1, 0.15) is 6.33 Å². The average molecular weight is 376 g/mol. The molecule has 144 valence electrons. The molecule has 2 aromatic heterocycles. The summed E-state index contributed by atoms with van der Waals surface area (Å²) in [6.45, 7) is 4.53. The van der Waals surface area contributed by atoms with E-state index in [0.29, 0.717) is 24.7 Å². The van der Waals surface area contributed by atoms with Crippen LogP contribution >= 0.6 is 0 Å². The van der Waals surface area contributed by atoms with E-state index in [2.05, 4.69) is 30.6 Å². The minimum atomic E-state index is 0.0699. The van der Waals surface area contributed by atoms with Crippen LogP contribution in [0.4, 0.5) is 11.6 Å². The molecule has 0 aliphatic heterocycles. The molecule has 2 heterocycles. The molecular weight excluding hydrogens is 352 g/mol. The van der Waals surface area contributed by atoms with Crippen LogP contribution < -0.4 is 10.6 Å². The molecule has 0 fully saturated rings. The number of nitrogens with one attached hydrogen (secondary N) is 2. The number of pyridine rings is 1. The van der Waals surface area contributed by atoms with Gasteiger partial charge in [-0.1, -0.05) is 19.1 Å². The lowest BCUT2D eigenvalue weighted by Crippen LogP contribution is -2.23. The molecule has 7 heteroatoms. The Balaban J connectivity index is 1.67. The zero-order chi connectivity index (χ0) is 19.8. The van der Waals surface area contributed by atoms with Crippen molar-refractivity contribution in [3.05, 3.63) is 60.2 Å². The predicted octanol–water partition coefficient (Wildman–Crippen LogP) is 3.44. The summed E-state index contributed by atoms with van der Waals surface area (Å²) < 4.78 is 0. The minimum Gasteiger partial charge on any atom is -0.356 e. The zero-order valence-electron chi connectivity index (χ0n) is 16.1. The number of benzene rings is 1. The standard InChI is InChI=1S/C21H24N6O/c1-3-19(28)23-10-5-8-17-13-16(9-11-22-17)20-24-14-25-21(27-20)26-18-7-4-6-15(2)12-18/h4,6-7,9,11-14H,3,5,8,10H2,1-2H3,(H,23,28)(H,24,25,26,27). The lowest BCUT2D eigenvalue weighted by Gasteiger charge is -2.08. The second kappa shape index (κ2) is 9.55. The van der Waals surface area contributed by atoms with E-state index in [0.717, 1.165) is 35.3 Å². The topological polar surface area (TPSA) is 92.7 Å². The van der Waals surface area contributed by atoms with Crippen molar-refractivity contribution in [2.75, 3.05) is 11.9 Å². The third-order valence-corrected chi connectivity index (χ3v) is 4.17. The third-order valence-electron chi connectivity index (χ3n) is 4.17. The van der Waals surface area contributed by atoms with Crippen LogP contribution in [0.25, 0.3) is 11.4 Å². The fourth-order valence-electron chi connectivity index (χ4n) is 2.72. The van der Waals surface area contributed by atoms with E-state index in [1.807, 2.05) is 50.2 Å². The summed E-state index contributed by atoms with van der Waals surface area (Å²) in [4.78, 5) is 28.7. The molecule has 0 unspecified atom stereocenters. The van der Waals surface area contributed by atoms with Gasteiger partial charge in [-0.05, 0) is 49.6 Å². The zero-order valence-corrected chi connectivity index (χ0v) is 16.1. The van der Waals surface area contributed by atoms with E-state index in [1.54, 1.807) is 6.20 Å². The van der Waals surface area contributed by atoms with Crippen LogP contribution in [0.3, 0.4) is 0 Å². The van der Waals surface area contributed by atoms with Gasteiger partial charge in [-0.25, -0.2) is 9.97 Å². The molecule has 0 spiro atoms. The molecule has 7 nitrogen and oxygen atoms in total. The first-order chi connectivity index (χ1) is 13.6. The van der Waals surface area contributed by atoms with Gasteiger partial charge in [-0.2, -0.15) is 4.98 Å². The maximum atomic E-state index is 11.3.